The van der Waals surface area contributed by atoms with Crippen LogP contribution in [0.2, 0.25) is 0 Å². The Bertz CT molecular complexity index is 861. The molecule has 0 amide bonds. The molecule has 0 saturated carbocycles. The van der Waals surface area contributed by atoms with Crippen molar-refractivity contribution in [3.8, 4) is 11.5 Å². The fraction of sp³-hybridized carbons (Fsp3) is 0.312. The third-order valence-corrected chi connectivity index (χ3v) is 4.10. The minimum absolute atomic E-state index is 0.104. The second-order valence-corrected chi connectivity index (χ2v) is 5.44. The molecule has 3 aromatic rings. The molecule has 1 aromatic carbocycles. The van der Waals surface area contributed by atoms with Gasteiger partial charge in [0.2, 0.25) is 0 Å². The van der Waals surface area contributed by atoms with Crippen LogP contribution >= 0.6 is 0 Å². The van der Waals surface area contributed by atoms with Crippen LogP contribution < -0.4 is 14.8 Å². The Balaban J connectivity index is 1.73. The second kappa shape index (κ2) is 5.42. The van der Waals surface area contributed by atoms with Crippen molar-refractivity contribution >= 4 is 16.9 Å². The van der Waals surface area contributed by atoms with Gasteiger partial charge in [-0.05, 0) is 6.07 Å². The van der Waals surface area contributed by atoms with E-state index < -0.39 is 0 Å². The van der Waals surface area contributed by atoms with Gasteiger partial charge in [0.25, 0.3) is 0 Å². The van der Waals surface area contributed by atoms with Crippen molar-refractivity contribution in [2.45, 2.75) is 12.5 Å². The molecule has 0 radical (unpaired) electrons. The van der Waals surface area contributed by atoms with Crippen LogP contribution in [-0.2, 0) is 7.05 Å². The molecule has 118 valence electrons. The maximum atomic E-state index is 5.79. The first-order valence-corrected chi connectivity index (χ1v) is 7.47. The molecule has 1 unspecified atom stereocenters. The zero-order chi connectivity index (χ0) is 15.8. The molecule has 0 aliphatic carbocycles. The maximum Gasteiger partial charge on any atom is 0.166 e. The van der Waals surface area contributed by atoms with Crippen molar-refractivity contribution in [3.63, 3.8) is 0 Å². The van der Waals surface area contributed by atoms with Gasteiger partial charge >= 0.3 is 0 Å². The average molecular weight is 311 g/mol. The molecule has 1 aliphatic rings. The third kappa shape index (κ3) is 2.25. The van der Waals surface area contributed by atoms with Crippen molar-refractivity contribution in [2.75, 3.05) is 19.0 Å². The van der Waals surface area contributed by atoms with Crippen molar-refractivity contribution < 1.29 is 9.47 Å². The van der Waals surface area contributed by atoms with Gasteiger partial charge in [0.05, 0.1) is 31.3 Å². The van der Waals surface area contributed by atoms with Crippen LogP contribution in [0.4, 0.5) is 5.82 Å². The standard InChI is InChI=1S/C16H17N5O2/c1-21-16-11(8-19-21)15(17-9-18-16)20-12-6-7-23-14-10(12)4-3-5-13(14)22-2/h3-5,8-9,12H,6-7H2,1-2H3,(H,17,18,20). The van der Waals surface area contributed by atoms with Gasteiger partial charge in [-0.15, -0.1) is 0 Å². The van der Waals surface area contributed by atoms with Gasteiger partial charge < -0.3 is 14.8 Å². The minimum atomic E-state index is 0.104. The van der Waals surface area contributed by atoms with Gasteiger partial charge in [0.15, 0.2) is 17.1 Å². The summed E-state index contributed by atoms with van der Waals surface area (Å²) in [5.74, 6) is 2.34. The van der Waals surface area contributed by atoms with E-state index in [0.717, 1.165) is 40.3 Å². The maximum absolute atomic E-state index is 5.79. The second-order valence-electron chi connectivity index (χ2n) is 5.44. The van der Waals surface area contributed by atoms with Gasteiger partial charge in [0.1, 0.15) is 12.1 Å². The van der Waals surface area contributed by atoms with E-state index in [9.17, 15) is 0 Å². The Kier molecular flexibility index (Phi) is 3.25. The number of aromatic nitrogens is 4. The van der Waals surface area contributed by atoms with Gasteiger partial charge in [-0.1, -0.05) is 12.1 Å². The van der Waals surface area contributed by atoms with Crippen LogP contribution in [0.3, 0.4) is 0 Å². The summed E-state index contributed by atoms with van der Waals surface area (Å²) in [4.78, 5) is 8.65. The number of aryl methyl sites for hydroxylation is 1. The normalized spacial score (nSPS) is 16.7. The van der Waals surface area contributed by atoms with Gasteiger partial charge in [-0.25, -0.2) is 9.97 Å². The molecule has 0 fully saturated rings. The Morgan fingerprint density at radius 1 is 1.35 bits per heavy atom. The number of fused-ring (bicyclic) bond motifs is 2. The number of nitrogens with one attached hydrogen (secondary N) is 1. The summed E-state index contributed by atoms with van der Waals surface area (Å²) in [6, 6.07) is 6.04. The topological polar surface area (TPSA) is 74.1 Å². The van der Waals surface area contributed by atoms with E-state index in [1.807, 2.05) is 19.2 Å². The van der Waals surface area contributed by atoms with E-state index >= 15 is 0 Å². The minimum Gasteiger partial charge on any atom is -0.493 e. The number of benzene rings is 1. The smallest absolute Gasteiger partial charge is 0.166 e. The fourth-order valence-electron chi connectivity index (χ4n) is 2.95. The number of hydrogen-bond acceptors (Lipinski definition) is 6. The predicted octanol–water partition coefficient (Wildman–Crippen LogP) is 2.31. The summed E-state index contributed by atoms with van der Waals surface area (Å²) >= 11 is 0. The van der Waals surface area contributed by atoms with Crippen LogP contribution in [0, 0.1) is 0 Å². The molecule has 0 saturated heterocycles. The van der Waals surface area contributed by atoms with Crippen LogP contribution in [0.1, 0.15) is 18.0 Å². The van der Waals surface area contributed by atoms with Gasteiger partial charge in [0, 0.05) is 19.0 Å². The molecule has 7 nitrogen and oxygen atoms in total. The first kappa shape index (κ1) is 13.8. The highest BCUT2D eigenvalue weighted by Gasteiger charge is 2.25. The molecule has 1 aliphatic heterocycles. The molecule has 0 bridgehead atoms. The summed E-state index contributed by atoms with van der Waals surface area (Å²) < 4.78 is 12.9. The number of anilines is 1. The van der Waals surface area contributed by atoms with Crippen LogP contribution in [0.5, 0.6) is 11.5 Å². The highest BCUT2D eigenvalue weighted by atomic mass is 16.5. The van der Waals surface area contributed by atoms with Crippen LogP contribution in [0.25, 0.3) is 11.0 Å². The number of hydrogen-bond donors (Lipinski definition) is 1. The first-order chi connectivity index (χ1) is 11.3. The number of methoxy groups -OCH3 is 1. The van der Waals surface area contributed by atoms with E-state index in [4.69, 9.17) is 9.47 Å². The number of rotatable bonds is 3. The van der Waals surface area contributed by atoms with Crippen molar-refractivity contribution in [1.29, 1.82) is 0 Å². The number of para-hydroxylation sites is 1. The summed E-state index contributed by atoms with van der Waals surface area (Å²) in [5.41, 5.74) is 1.88. The monoisotopic (exact) mass is 311 g/mol. The van der Waals surface area contributed by atoms with E-state index in [1.54, 1.807) is 24.3 Å². The lowest BCUT2D eigenvalue weighted by Crippen LogP contribution is -2.21. The predicted molar refractivity (Wildman–Crippen MR) is 85.8 cm³/mol. The van der Waals surface area contributed by atoms with E-state index in [1.165, 1.54) is 0 Å². The summed E-state index contributed by atoms with van der Waals surface area (Å²) in [5, 5.41) is 8.66. The average Bonchev–Trinajstić information content (AvgIpc) is 2.97. The number of ether oxygens (including phenoxy) is 2. The Hall–Kier alpha value is -2.83. The van der Waals surface area contributed by atoms with Crippen molar-refractivity contribution in [2.24, 2.45) is 7.05 Å². The lowest BCUT2D eigenvalue weighted by Gasteiger charge is -2.28. The van der Waals surface area contributed by atoms with Gasteiger partial charge in [-0.3, -0.25) is 4.68 Å². The quantitative estimate of drug-likeness (QED) is 0.800. The lowest BCUT2D eigenvalue weighted by molar-refractivity contribution is 0.257. The van der Waals surface area contributed by atoms with Crippen LogP contribution in [-0.4, -0.2) is 33.5 Å². The first-order valence-electron chi connectivity index (χ1n) is 7.47. The summed E-state index contributed by atoms with van der Waals surface area (Å²) in [6.45, 7) is 0.631. The SMILES string of the molecule is COc1cccc2c1OCCC2Nc1ncnc2c1cnn2C. The Morgan fingerprint density at radius 3 is 3.13 bits per heavy atom. The van der Waals surface area contributed by atoms with Crippen molar-refractivity contribution in [3.05, 3.63) is 36.3 Å². The zero-order valence-electron chi connectivity index (χ0n) is 13.0. The summed E-state index contributed by atoms with van der Waals surface area (Å²) in [6.07, 6.45) is 4.19. The number of nitrogens with zero attached hydrogens (tertiary/aromatic N) is 4. The molecule has 7 heteroatoms. The van der Waals surface area contributed by atoms with Crippen LogP contribution in [0.15, 0.2) is 30.7 Å². The molecule has 1 N–H and O–H groups in total. The largest absolute Gasteiger partial charge is 0.493 e. The molecule has 1 atom stereocenters. The molecular weight excluding hydrogens is 294 g/mol. The lowest BCUT2D eigenvalue weighted by atomic mass is 10.00. The molecule has 3 heterocycles. The summed E-state index contributed by atoms with van der Waals surface area (Å²) in [7, 11) is 3.52. The molecule has 0 spiro atoms. The fourth-order valence-corrected chi connectivity index (χ4v) is 2.95. The molecular formula is C16H17N5O2. The molecule has 4 rings (SSSR count). The molecule has 2 aromatic heterocycles. The van der Waals surface area contributed by atoms with E-state index in [0.29, 0.717) is 6.61 Å². The third-order valence-electron chi connectivity index (χ3n) is 4.10. The zero-order valence-corrected chi connectivity index (χ0v) is 13.0. The van der Waals surface area contributed by atoms with E-state index in [-0.39, 0.29) is 6.04 Å². The molecule has 23 heavy (non-hydrogen) atoms. The Labute approximate surface area is 133 Å². The highest BCUT2D eigenvalue weighted by Crippen LogP contribution is 2.40. The highest BCUT2D eigenvalue weighted by molar-refractivity contribution is 5.86. The van der Waals surface area contributed by atoms with Crippen molar-refractivity contribution in [1.82, 2.24) is 19.7 Å². The van der Waals surface area contributed by atoms with E-state index in [2.05, 4.69) is 26.4 Å². The Morgan fingerprint density at radius 2 is 2.26 bits per heavy atom. The van der Waals surface area contributed by atoms with Gasteiger partial charge in [-0.2, -0.15) is 5.10 Å².